The minimum absolute atomic E-state index is 0.0110. The first-order valence-electron chi connectivity index (χ1n) is 9.28. The first-order valence-corrected chi connectivity index (χ1v) is 11.6. The maximum Gasteiger partial charge on any atom is 0.337 e. The van der Waals surface area contributed by atoms with E-state index in [0.29, 0.717) is 6.54 Å². The van der Waals surface area contributed by atoms with Gasteiger partial charge in [0.1, 0.15) is 11.1 Å². The Bertz CT molecular complexity index is 939. The Kier molecular flexibility index (Phi) is 4.93. The third kappa shape index (κ3) is 3.20. The van der Waals surface area contributed by atoms with Crippen LogP contribution in [0.1, 0.15) is 16.9 Å². The number of nitrogens with zero attached hydrogens (tertiary/aromatic N) is 3. The van der Waals surface area contributed by atoms with Gasteiger partial charge in [0, 0.05) is 15.5 Å². The van der Waals surface area contributed by atoms with Crippen molar-refractivity contribution in [3.05, 3.63) is 57.0 Å². The number of benzene rings is 1. The number of thioether (sulfide) groups is 1. The highest BCUT2D eigenvalue weighted by atomic mass is 35.5. The molecule has 2 aromatic rings. The molecule has 0 aliphatic carbocycles. The summed E-state index contributed by atoms with van der Waals surface area (Å²) in [5.74, 6) is 0.417. The Hall–Kier alpha value is -1.81. The summed E-state index contributed by atoms with van der Waals surface area (Å²) in [6.07, 6.45) is 0.189. The van der Waals surface area contributed by atoms with E-state index in [4.69, 9.17) is 11.6 Å². The second-order valence-corrected chi connectivity index (χ2v) is 9.86. The van der Waals surface area contributed by atoms with E-state index in [1.807, 2.05) is 17.5 Å². The summed E-state index contributed by atoms with van der Waals surface area (Å²) in [7, 11) is 0. The number of hydrogen-bond acceptors (Lipinski definition) is 5. The number of halogens is 2. The maximum absolute atomic E-state index is 14.3. The largest absolute Gasteiger partial charge is 0.337 e. The number of urea groups is 1. The van der Waals surface area contributed by atoms with E-state index in [0.717, 1.165) is 17.1 Å². The predicted molar refractivity (Wildman–Crippen MR) is 111 cm³/mol. The van der Waals surface area contributed by atoms with Crippen molar-refractivity contribution >= 4 is 46.6 Å². The summed E-state index contributed by atoms with van der Waals surface area (Å²) in [5.41, 5.74) is 3.39. The van der Waals surface area contributed by atoms with Crippen LogP contribution in [0.25, 0.3) is 0 Å². The molecule has 6 nitrogen and oxygen atoms in total. The Morgan fingerprint density at radius 2 is 2.07 bits per heavy atom. The van der Waals surface area contributed by atoms with Crippen molar-refractivity contribution in [1.82, 2.24) is 20.2 Å². The zero-order chi connectivity index (χ0) is 20.1. The molecule has 0 saturated carbocycles. The van der Waals surface area contributed by atoms with Crippen molar-refractivity contribution < 1.29 is 14.0 Å². The van der Waals surface area contributed by atoms with Gasteiger partial charge in [-0.15, -0.1) is 23.1 Å². The van der Waals surface area contributed by atoms with Crippen LogP contribution >= 0.6 is 34.7 Å². The summed E-state index contributed by atoms with van der Waals surface area (Å²) in [6, 6.07) is 7.97. The second-order valence-electron chi connectivity index (χ2n) is 7.17. The normalized spacial score (nSPS) is 26.3. The van der Waals surface area contributed by atoms with E-state index < -0.39 is 12.1 Å². The number of rotatable bonds is 4. The molecule has 1 N–H and O–H groups in total. The van der Waals surface area contributed by atoms with E-state index in [1.54, 1.807) is 39.0 Å². The van der Waals surface area contributed by atoms with E-state index >= 15 is 0 Å². The van der Waals surface area contributed by atoms with Crippen LogP contribution in [-0.4, -0.2) is 50.1 Å². The number of amides is 3. The van der Waals surface area contributed by atoms with Crippen LogP contribution in [0.2, 0.25) is 5.02 Å². The first kappa shape index (κ1) is 19.2. The lowest BCUT2D eigenvalue weighted by Crippen LogP contribution is -2.65. The topological polar surface area (TPSA) is 55.9 Å². The smallest absolute Gasteiger partial charge is 0.302 e. The van der Waals surface area contributed by atoms with Gasteiger partial charge >= 0.3 is 6.03 Å². The molecule has 3 atom stereocenters. The standard InChI is InChI=1S/C19H18ClFN4O2S2/c20-13-4-1-5-14(21)12(13)10-24-19(27)25-15-6-8-29-16(15)17(26)23(18(25)22-24)9-11-3-2-7-28-11/h1-5,7,15-16,18,22H,6,8-10H2. The molecule has 3 saturated heterocycles. The summed E-state index contributed by atoms with van der Waals surface area (Å²) in [4.78, 5) is 30.9. The molecule has 0 radical (unpaired) electrons. The van der Waals surface area contributed by atoms with Gasteiger partial charge in [0.15, 0.2) is 6.29 Å². The number of thiophene rings is 1. The van der Waals surface area contributed by atoms with E-state index in [9.17, 15) is 14.0 Å². The average molecular weight is 453 g/mol. The van der Waals surface area contributed by atoms with Gasteiger partial charge in [-0.05, 0) is 35.8 Å². The van der Waals surface area contributed by atoms with Gasteiger partial charge in [0.2, 0.25) is 5.91 Å². The molecule has 152 valence electrons. The summed E-state index contributed by atoms with van der Waals surface area (Å²) in [6.45, 7) is 0.416. The van der Waals surface area contributed by atoms with Crippen molar-refractivity contribution in [2.45, 2.75) is 37.1 Å². The zero-order valence-corrected chi connectivity index (χ0v) is 17.6. The van der Waals surface area contributed by atoms with Crippen LogP contribution in [0.4, 0.5) is 9.18 Å². The quantitative estimate of drug-likeness (QED) is 0.771. The highest BCUT2D eigenvalue weighted by Gasteiger charge is 2.55. The van der Waals surface area contributed by atoms with Crippen molar-refractivity contribution in [3.8, 4) is 0 Å². The molecule has 3 aliphatic rings. The zero-order valence-electron chi connectivity index (χ0n) is 15.3. The highest BCUT2D eigenvalue weighted by molar-refractivity contribution is 8.00. The Morgan fingerprint density at radius 1 is 1.21 bits per heavy atom. The summed E-state index contributed by atoms with van der Waals surface area (Å²) < 4.78 is 14.3. The minimum Gasteiger partial charge on any atom is -0.302 e. The number of carbonyl (C=O) groups excluding carboxylic acids is 2. The Labute approximate surface area is 180 Å². The number of carbonyl (C=O) groups is 2. The van der Waals surface area contributed by atoms with Crippen molar-refractivity contribution in [2.24, 2.45) is 0 Å². The average Bonchev–Trinajstić information content (AvgIpc) is 3.43. The van der Waals surface area contributed by atoms with Gasteiger partial charge in [-0.3, -0.25) is 14.7 Å². The van der Waals surface area contributed by atoms with Crippen LogP contribution in [0, 0.1) is 5.82 Å². The Balaban J connectivity index is 1.46. The lowest BCUT2D eigenvalue weighted by molar-refractivity contribution is -0.145. The molecule has 29 heavy (non-hydrogen) atoms. The molecule has 1 aromatic carbocycles. The summed E-state index contributed by atoms with van der Waals surface area (Å²) in [5, 5.41) is 3.35. The predicted octanol–water partition coefficient (Wildman–Crippen LogP) is 3.48. The van der Waals surface area contributed by atoms with Crippen LogP contribution < -0.4 is 5.43 Å². The van der Waals surface area contributed by atoms with Crippen molar-refractivity contribution in [2.75, 3.05) is 5.75 Å². The van der Waals surface area contributed by atoms with Gasteiger partial charge in [-0.25, -0.2) is 9.18 Å². The molecule has 0 bridgehead atoms. The first-order chi connectivity index (χ1) is 14.0. The van der Waals surface area contributed by atoms with E-state index in [-0.39, 0.29) is 40.4 Å². The van der Waals surface area contributed by atoms with Crippen molar-refractivity contribution in [3.63, 3.8) is 0 Å². The maximum atomic E-state index is 14.3. The SMILES string of the molecule is O=C1C2SCCC2N2C(=O)N(Cc3c(F)cccc3Cl)NC2N1Cc1cccs1. The number of nitrogens with one attached hydrogen (secondary N) is 1. The number of hydrazine groups is 1. The molecule has 0 spiro atoms. The van der Waals surface area contributed by atoms with Gasteiger partial charge < -0.3 is 4.90 Å². The van der Waals surface area contributed by atoms with Gasteiger partial charge in [0.05, 0.1) is 19.1 Å². The highest BCUT2D eigenvalue weighted by Crippen LogP contribution is 2.40. The van der Waals surface area contributed by atoms with Crippen LogP contribution in [0.3, 0.4) is 0 Å². The van der Waals surface area contributed by atoms with E-state index in [1.165, 1.54) is 17.1 Å². The van der Waals surface area contributed by atoms with Crippen LogP contribution in [-0.2, 0) is 17.9 Å². The lowest BCUT2D eigenvalue weighted by atomic mass is 10.1. The monoisotopic (exact) mass is 452 g/mol. The van der Waals surface area contributed by atoms with Gasteiger partial charge in [-0.2, -0.15) is 5.43 Å². The second kappa shape index (κ2) is 7.46. The number of hydrogen-bond donors (Lipinski definition) is 1. The van der Waals surface area contributed by atoms with Gasteiger partial charge in [-0.1, -0.05) is 23.7 Å². The molecule has 10 heteroatoms. The van der Waals surface area contributed by atoms with Crippen molar-refractivity contribution in [1.29, 1.82) is 0 Å². The molecule has 3 amide bonds. The fourth-order valence-corrected chi connectivity index (χ4v) is 6.44. The Morgan fingerprint density at radius 3 is 2.83 bits per heavy atom. The lowest BCUT2D eigenvalue weighted by Gasteiger charge is -2.44. The fourth-order valence-electron chi connectivity index (χ4n) is 4.12. The molecule has 5 rings (SSSR count). The molecular weight excluding hydrogens is 435 g/mol. The molecular formula is C19H18ClFN4O2S2. The van der Waals surface area contributed by atoms with Crippen LogP contribution in [0.15, 0.2) is 35.7 Å². The fraction of sp³-hybridized carbons (Fsp3) is 0.368. The molecule has 4 heterocycles. The van der Waals surface area contributed by atoms with Crippen LogP contribution in [0.5, 0.6) is 0 Å². The molecule has 3 fully saturated rings. The third-order valence-corrected chi connectivity index (χ3v) is 8.07. The molecule has 3 aliphatic heterocycles. The van der Waals surface area contributed by atoms with Gasteiger partial charge in [0.25, 0.3) is 0 Å². The minimum atomic E-state index is -0.581. The van der Waals surface area contributed by atoms with E-state index in [2.05, 4.69) is 5.43 Å². The third-order valence-electron chi connectivity index (χ3n) is 5.51. The molecule has 3 unspecified atom stereocenters. The number of fused-ring (bicyclic) bond motifs is 3. The molecule has 1 aromatic heterocycles. The summed E-state index contributed by atoms with van der Waals surface area (Å²) >= 11 is 9.33.